The van der Waals surface area contributed by atoms with Crippen molar-refractivity contribution in [3.05, 3.63) is 27.9 Å². The van der Waals surface area contributed by atoms with E-state index in [9.17, 15) is 8.42 Å². The van der Waals surface area contributed by atoms with Crippen LogP contribution in [-0.2, 0) is 9.05 Å². The van der Waals surface area contributed by atoms with Gasteiger partial charge in [-0.15, -0.1) is 11.3 Å². The molecule has 0 aromatic carbocycles. The van der Waals surface area contributed by atoms with Crippen molar-refractivity contribution >= 4 is 48.2 Å². The summed E-state index contributed by atoms with van der Waals surface area (Å²) >= 11 is 6.95. The summed E-state index contributed by atoms with van der Waals surface area (Å²) in [7, 11) is 1.54. The number of rotatable bonds is 3. The average Bonchev–Trinajstić information content (AvgIpc) is 2.31. The zero-order valence-electron chi connectivity index (χ0n) is 6.46. The van der Waals surface area contributed by atoms with Crippen LogP contribution >= 0.6 is 33.6 Å². The maximum atomic E-state index is 10.7. The van der Waals surface area contributed by atoms with Crippen LogP contribution in [0, 0.1) is 0 Å². The van der Waals surface area contributed by atoms with Crippen LogP contribution in [0.3, 0.4) is 0 Å². The lowest BCUT2D eigenvalue weighted by Crippen LogP contribution is -1.97. The van der Waals surface area contributed by atoms with E-state index < -0.39 is 9.05 Å². The van der Waals surface area contributed by atoms with E-state index in [-0.39, 0.29) is 5.75 Å². The van der Waals surface area contributed by atoms with Gasteiger partial charge in [0.05, 0.1) is 10.1 Å². The summed E-state index contributed by atoms with van der Waals surface area (Å²) in [6.07, 6.45) is 0. The van der Waals surface area contributed by atoms with Crippen LogP contribution in [0.25, 0.3) is 5.57 Å². The fraction of sp³-hybridized carbons (Fsp3) is 0.143. The third-order valence-corrected chi connectivity index (χ3v) is 3.62. The second kappa shape index (κ2) is 4.00. The number of halogens is 2. The molecule has 0 amide bonds. The topological polar surface area (TPSA) is 34.1 Å². The van der Waals surface area contributed by atoms with E-state index in [1.54, 1.807) is 12.1 Å². The zero-order valence-corrected chi connectivity index (χ0v) is 9.60. The Morgan fingerprint density at radius 3 is 2.54 bits per heavy atom. The molecule has 0 fully saturated rings. The first-order valence-electron chi connectivity index (χ1n) is 3.24. The highest BCUT2D eigenvalue weighted by Crippen LogP contribution is 2.27. The summed E-state index contributed by atoms with van der Waals surface area (Å²) in [5, 5.41) is 0. The Morgan fingerprint density at radius 2 is 2.15 bits per heavy atom. The minimum atomic E-state index is -3.53. The molecule has 0 aliphatic heterocycles. The largest absolute Gasteiger partial charge is 0.236 e. The predicted molar refractivity (Wildman–Crippen MR) is 58.0 cm³/mol. The van der Waals surface area contributed by atoms with Crippen LogP contribution in [0.1, 0.15) is 4.88 Å². The minimum Gasteiger partial charge on any atom is -0.212 e. The van der Waals surface area contributed by atoms with Crippen molar-refractivity contribution in [2.45, 2.75) is 0 Å². The summed E-state index contributed by atoms with van der Waals surface area (Å²) in [6, 6.07) is 3.41. The molecule has 13 heavy (non-hydrogen) atoms. The van der Waals surface area contributed by atoms with Crippen molar-refractivity contribution in [1.29, 1.82) is 0 Å². The van der Waals surface area contributed by atoms with E-state index in [0.29, 0.717) is 9.91 Å². The maximum Gasteiger partial charge on any atom is 0.236 e. The molecule has 0 unspecified atom stereocenters. The summed E-state index contributed by atoms with van der Waals surface area (Å²) in [5.41, 5.74) is 0.465. The Kier molecular flexibility index (Phi) is 3.40. The molecule has 0 saturated heterocycles. The molecule has 0 aliphatic carbocycles. The van der Waals surface area contributed by atoms with E-state index in [4.69, 9.17) is 22.3 Å². The first kappa shape index (κ1) is 11.0. The van der Waals surface area contributed by atoms with Gasteiger partial charge >= 0.3 is 0 Å². The molecule has 0 bridgehead atoms. The highest BCUT2D eigenvalue weighted by molar-refractivity contribution is 8.14. The monoisotopic (exact) mass is 256 g/mol. The van der Waals surface area contributed by atoms with Crippen LogP contribution in [0.5, 0.6) is 0 Å². The summed E-state index contributed by atoms with van der Waals surface area (Å²) in [4.78, 5) is 0.745. The van der Waals surface area contributed by atoms with Crippen LogP contribution in [0.15, 0.2) is 18.7 Å². The second-order valence-corrected chi connectivity index (χ2v) is 6.88. The number of hydrogen-bond acceptors (Lipinski definition) is 3. The highest BCUT2D eigenvalue weighted by Gasteiger charge is 2.11. The number of thiophene rings is 1. The van der Waals surface area contributed by atoms with Gasteiger partial charge in [-0.05, 0) is 17.7 Å². The van der Waals surface area contributed by atoms with Crippen molar-refractivity contribution in [3.8, 4) is 0 Å². The molecule has 1 heterocycles. The van der Waals surface area contributed by atoms with E-state index in [1.807, 2.05) is 0 Å². The van der Waals surface area contributed by atoms with Gasteiger partial charge in [0.2, 0.25) is 9.05 Å². The smallest absolute Gasteiger partial charge is 0.212 e. The van der Waals surface area contributed by atoms with Crippen LogP contribution < -0.4 is 0 Å². The van der Waals surface area contributed by atoms with Gasteiger partial charge in [0, 0.05) is 15.6 Å². The molecule has 0 N–H and O–H groups in total. The molecule has 0 radical (unpaired) electrons. The predicted octanol–water partition coefficient (Wildman–Crippen LogP) is 2.98. The highest BCUT2D eigenvalue weighted by atomic mass is 35.7. The molecular formula is C7H6Cl2O2S2. The standard InChI is InChI=1S/C7H6Cl2O2S2/c1-5(4-13(9,10)11)6-2-3-7(8)12-6/h2-3H,1,4H2. The van der Waals surface area contributed by atoms with Gasteiger partial charge in [0.25, 0.3) is 0 Å². The van der Waals surface area contributed by atoms with Crippen molar-refractivity contribution in [3.63, 3.8) is 0 Å². The van der Waals surface area contributed by atoms with Crippen LogP contribution in [-0.4, -0.2) is 14.2 Å². The molecule has 0 spiro atoms. The molecule has 6 heteroatoms. The lowest BCUT2D eigenvalue weighted by Gasteiger charge is -1.97. The molecule has 1 aromatic heterocycles. The Bertz CT molecular complexity index is 419. The molecule has 0 saturated carbocycles. The van der Waals surface area contributed by atoms with Gasteiger partial charge in [-0.25, -0.2) is 8.42 Å². The average molecular weight is 257 g/mol. The minimum absolute atomic E-state index is 0.245. The first-order chi connectivity index (χ1) is 5.88. The Morgan fingerprint density at radius 1 is 1.54 bits per heavy atom. The Labute approximate surface area is 90.2 Å². The van der Waals surface area contributed by atoms with Gasteiger partial charge in [-0.2, -0.15) is 0 Å². The Hall–Kier alpha value is -0.0300. The second-order valence-electron chi connectivity index (χ2n) is 2.39. The molecule has 2 nitrogen and oxygen atoms in total. The van der Waals surface area contributed by atoms with E-state index in [0.717, 1.165) is 4.88 Å². The van der Waals surface area contributed by atoms with Gasteiger partial charge in [0.15, 0.2) is 0 Å². The van der Waals surface area contributed by atoms with E-state index in [2.05, 4.69) is 6.58 Å². The molecule has 1 aromatic rings. The van der Waals surface area contributed by atoms with Crippen molar-refractivity contribution in [2.24, 2.45) is 0 Å². The van der Waals surface area contributed by atoms with Crippen LogP contribution in [0.4, 0.5) is 0 Å². The van der Waals surface area contributed by atoms with Gasteiger partial charge in [-0.3, -0.25) is 0 Å². The van der Waals surface area contributed by atoms with Gasteiger partial charge in [0.1, 0.15) is 0 Å². The molecule has 1 rings (SSSR count). The fourth-order valence-corrected chi connectivity index (χ4v) is 2.85. The zero-order chi connectivity index (χ0) is 10.1. The summed E-state index contributed by atoms with van der Waals surface area (Å²) in [5.74, 6) is -0.245. The fourth-order valence-electron chi connectivity index (χ4n) is 0.784. The van der Waals surface area contributed by atoms with Gasteiger partial charge < -0.3 is 0 Å². The maximum absolute atomic E-state index is 10.7. The third-order valence-electron chi connectivity index (χ3n) is 1.27. The van der Waals surface area contributed by atoms with E-state index in [1.165, 1.54) is 11.3 Å². The Balaban J connectivity index is 2.81. The number of hydrogen-bond donors (Lipinski definition) is 0. The van der Waals surface area contributed by atoms with Gasteiger partial charge in [-0.1, -0.05) is 18.2 Å². The quantitative estimate of drug-likeness (QED) is 0.780. The molecule has 0 atom stereocenters. The normalized spacial score (nSPS) is 11.5. The lowest BCUT2D eigenvalue weighted by atomic mass is 10.3. The summed E-state index contributed by atoms with van der Waals surface area (Å²) < 4.78 is 22.0. The van der Waals surface area contributed by atoms with E-state index >= 15 is 0 Å². The lowest BCUT2D eigenvalue weighted by molar-refractivity contribution is 0.612. The SMILES string of the molecule is C=C(CS(=O)(=O)Cl)c1ccc(Cl)s1. The van der Waals surface area contributed by atoms with Crippen LogP contribution in [0.2, 0.25) is 4.34 Å². The third kappa shape index (κ3) is 3.68. The van der Waals surface area contributed by atoms with Crippen molar-refractivity contribution in [2.75, 3.05) is 5.75 Å². The molecular weight excluding hydrogens is 251 g/mol. The summed E-state index contributed by atoms with van der Waals surface area (Å²) in [6.45, 7) is 3.61. The first-order valence-corrected chi connectivity index (χ1v) is 6.91. The molecule has 0 aliphatic rings. The van der Waals surface area contributed by atoms with Crippen molar-refractivity contribution in [1.82, 2.24) is 0 Å². The molecule has 72 valence electrons. The van der Waals surface area contributed by atoms with Crippen molar-refractivity contribution < 1.29 is 8.42 Å².